The number of benzene rings is 1. The van der Waals surface area contributed by atoms with Crippen molar-refractivity contribution >= 4 is 23.5 Å². The first-order valence-corrected chi connectivity index (χ1v) is 9.27. The molecule has 3 rings (SSSR count). The fourth-order valence-electron chi connectivity index (χ4n) is 2.97. The Bertz CT molecular complexity index is 691. The number of ketones is 1. The number of rotatable bonds is 6. The molecular formula is C19H20N2O2S. The minimum Gasteiger partial charge on any atom is -0.333 e. The van der Waals surface area contributed by atoms with Crippen LogP contribution in [0.1, 0.15) is 34.9 Å². The Hall–Kier alpha value is -2.14. The lowest BCUT2D eigenvalue weighted by Crippen LogP contribution is -2.32. The molecular weight excluding hydrogens is 320 g/mol. The minimum atomic E-state index is 0.0658. The van der Waals surface area contributed by atoms with Crippen LogP contribution in [0.3, 0.4) is 0 Å². The number of carbonyl (C=O) groups excluding carboxylic acids is 2. The van der Waals surface area contributed by atoms with Crippen LogP contribution >= 0.6 is 11.8 Å². The fourth-order valence-corrected chi connectivity index (χ4v) is 3.76. The zero-order chi connectivity index (χ0) is 16.8. The highest BCUT2D eigenvalue weighted by atomic mass is 32.2. The van der Waals surface area contributed by atoms with Crippen LogP contribution in [-0.4, -0.2) is 39.6 Å². The van der Waals surface area contributed by atoms with Gasteiger partial charge in [-0.05, 0) is 25.0 Å². The van der Waals surface area contributed by atoms with E-state index >= 15 is 0 Å². The third-order valence-electron chi connectivity index (χ3n) is 4.16. The molecule has 0 N–H and O–H groups in total. The first kappa shape index (κ1) is 16.7. The number of hydrogen-bond acceptors (Lipinski definition) is 4. The van der Waals surface area contributed by atoms with Crippen molar-refractivity contribution in [3.05, 3.63) is 66.0 Å². The summed E-state index contributed by atoms with van der Waals surface area (Å²) in [7, 11) is 0. The van der Waals surface area contributed by atoms with Crippen LogP contribution in [0.2, 0.25) is 0 Å². The predicted octanol–water partition coefficient (Wildman–Crippen LogP) is 3.36. The van der Waals surface area contributed by atoms with Gasteiger partial charge in [0, 0.05) is 18.3 Å². The largest absolute Gasteiger partial charge is 0.333 e. The highest BCUT2D eigenvalue weighted by Crippen LogP contribution is 2.31. The summed E-state index contributed by atoms with van der Waals surface area (Å²) in [6.07, 6.45) is 3.72. The molecule has 1 aliphatic heterocycles. The number of amides is 1. The summed E-state index contributed by atoms with van der Waals surface area (Å²) in [6, 6.07) is 15.1. The fraction of sp³-hybridized carbons (Fsp3) is 0.316. The van der Waals surface area contributed by atoms with Crippen molar-refractivity contribution in [3.8, 4) is 0 Å². The summed E-state index contributed by atoms with van der Waals surface area (Å²) >= 11 is 1.39. The smallest absolute Gasteiger partial charge is 0.233 e. The van der Waals surface area contributed by atoms with Crippen LogP contribution in [0.4, 0.5) is 0 Å². The van der Waals surface area contributed by atoms with Gasteiger partial charge in [-0.3, -0.25) is 14.6 Å². The van der Waals surface area contributed by atoms with Crippen molar-refractivity contribution in [3.63, 3.8) is 0 Å². The highest BCUT2D eigenvalue weighted by Gasteiger charge is 2.30. The molecule has 1 atom stereocenters. The van der Waals surface area contributed by atoms with E-state index in [4.69, 9.17) is 0 Å². The van der Waals surface area contributed by atoms with Gasteiger partial charge in [-0.2, -0.15) is 0 Å². The van der Waals surface area contributed by atoms with Crippen molar-refractivity contribution in [2.75, 3.05) is 18.1 Å². The summed E-state index contributed by atoms with van der Waals surface area (Å²) < 4.78 is 0. The number of likely N-dealkylation sites (tertiary alicyclic amines) is 1. The number of thioether (sulfide) groups is 1. The summed E-state index contributed by atoms with van der Waals surface area (Å²) in [5.41, 5.74) is 1.65. The van der Waals surface area contributed by atoms with E-state index in [1.807, 2.05) is 53.4 Å². The SMILES string of the molecule is O=C(CSCC(=O)N1CCC[C@H]1c1ccccn1)c1ccccc1. The first-order valence-electron chi connectivity index (χ1n) is 8.12. The van der Waals surface area contributed by atoms with E-state index in [-0.39, 0.29) is 17.7 Å². The second-order valence-electron chi connectivity index (χ2n) is 5.78. The third kappa shape index (κ3) is 4.03. The predicted molar refractivity (Wildman–Crippen MR) is 96.0 cm³/mol. The maximum absolute atomic E-state index is 12.5. The summed E-state index contributed by atoms with van der Waals surface area (Å²) in [5, 5.41) is 0. The van der Waals surface area contributed by atoms with Gasteiger partial charge in [0.25, 0.3) is 0 Å². The van der Waals surface area contributed by atoms with E-state index in [1.165, 1.54) is 11.8 Å². The summed E-state index contributed by atoms with van der Waals surface area (Å²) in [4.78, 5) is 30.9. The molecule has 1 aromatic heterocycles. The molecule has 1 saturated heterocycles. The molecule has 0 saturated carbocycles. The van der Waals surface area contributed by atoms with E-state index < -0.39 is 0 Å². The second kappa shape index (κ2) is 8.11. The monoisotopic (exact) mass is 340 g/mol. The molecule has 1 aliphatic rings. The quantitative estimate of drug-likeness (QED) is 0.757. The third-order valence-corrected chi connectivity index (χ3v) is 5.07. The van der Waals surface area contributed by atoms with Crippen LogP contribution in [0.25, 0.3) is 0 Å². The molecule has 0 radical (unpaired) electrons. The van der Waals surface area contributed by atoms with E-state index in [2.05, 4.69) is 4.98 Å². The number of aromatic nitrogens is 1. The van der Waals surface area contributed by atoms with E-state index in [1.54, 1.807) is 6.20 Å². The van der Waals surface area contributed by atoms with Gasteiger partial charge in [-0.1, -0.05) is 36.4 Å². The van der Waals surface area contributed by atoms with Gasteiger partial charge in [0.15, 0.2) is 5.78 Å². The van der Waals surface area contributed by atoms with Gasteiger partial charge in [-0.25, -0.2) is 0 Å². The maximum Gasteiger partial charge on any atom is 0.233 e. The van der Waals surface area contributed by atoms with Crippen molar-refractivity contribution < 1.29 is 9.59 Å². The molecule has 1 amide bonds. The van der Waals surface area contributed by atoms with Gasteiger partial charge < -0.3 is 4.90 Å². The maximum atomic E-state index is 12.5. The van der Waals surface area contributed by atoms with Crippen molar-refractivity contribution in [1.82, 2.24) is 9.88 Å². The molecule has 4 nitrogen and oxygen atoms in total. The van der Waals surface area contributed by atoms with Crippen LogP contribution < -0.4 is 0 Å². The Morgan fingerprint density at radius 3 is 2.62 bits per heavy atom. The van der Waals surface area contributed by atoms with Crippen LogP contribution in [0.5, 0.6) is 0 Å². The number of Topliss-reactive ketones (excluding diaryl/α,β-unsaturated/α-hetero) is 1. The molecule has 1 aromatic carbocycles. The lowest BCUT2D eigenvalue weighted by atomic mass is 10.1. The minimum absolute atomic E-state index is 0.0658. The second-order valence-corrected chi connectivity index (χ2v) is 6.77. The van der Waals surface area contributed by atoms with Gasteiger partial charge in [-0.15, -0.1) is 11.8 Å². The molecule has 0 spiro atoms. The van der Waals surface area contributed by atoms with Crippen molar-refractivity contribution in [2.45, 2.75) is 18.9 Å². The number of hydrogen-bond donors (Lipinski definition) is 0. The zero-order valence-corrected chi connectivity index (χ0v) is 14.2. The number of pyridine rings is 1. The molecule has 1 fully saturated rings. The summed E-state index contributed by atoms with van der Waals surface area (Å²) in [5.74, 6) is 0.824. The highest BCUT2D eigenvalue weighted by molar-refractivity contribution is 8.00. The zero-order valence-electron chi connectivity index (χ0n) is 13.4. The molecule has 5 heteroatoms. The lowest BCUT2D eigenvalue weighted by Gasteiger charge is -2.24. The van der Waals surface area contributed by atoms with Crippen molar-refractivity contribution in [1.29, 1.82) is 0 Å². The molecule has 0 aliphatic carbocycles. The van der Waals surface area contributed by atoms with Gasteiger partial charge in [0.1, 0.15) is 0 Å². The Morgan fingerprint density at radius 2 is 1.88 bits per heavy atom. The van der Waals surface area contributed by atoms with E-state index in [9.17, 15) is 9.59 Å². The number of carbonyl (C=O) groups is 2. The van der Waals surface area contributed by atoms with Gasteiger partial charge >= 0.3 is 0 Å². The molecule has 0 bridgehead atoms. The van der Waals surface area contributed by atoms with Crippen LogP contribution in [0.15, 0.2) is 54.7 Å². The molecule has 24 heavy (non-hydrogen) atoms. The van der Waals surface area contributed by atoms with Crippen molar-refractivity contribution in [2.24, 2.45) is 0 Å². The van der Waals surface area contributed by atoms with Gasteiger partial charge in [0.05, 0.1) is 23.2 Å². The summed E-state index contributed by atoms with van der Waals surface area (Å²) in [6.45, 7) is 0.771. The average Bonchev–Trinajstić information content (AvgIpc) is 3.13. The van der Waals surface area contributed by atoms with E-state index in [0.29, 0.717) is 17.1 Å². The van der Waals surface area contributed by atoms with Crippen LogP contribution in [0, 0.1) is 0 Å². The lowest BCUT2D eigenvalue weighted by molar-refractivity contribution is -0.129. The van der Waals surface area contributed by atoms with E-state index in [0.717, 1.165) is 25.1 Å². The normalized spacial score (nSPS) is 17.0. The van der Waals surface area contributed by atoms with Crippen LogP contribution in [-0.2, 0) is 4.79 Å². The molecule has 2 aromatic rings. The molecule has 2 heterocycles. The standard InChI is InChI=1S/C19H20N2O2S/c22-18(15-7-2-1-3-8-15)13-24-14-19(23)21-12-6-10-17(21)16-9-4-5-11-20-16/h1-5,7-9,11,17H,6,10,12-14H2/t17-/m0/s1. The topological polar surface area (TPSA) is 50.3 Å². The average molecular weight is 340 g/mol. The Kier molecular flexibility index (Phi) is 5.64. The molecule has 0 unspecified atom stereocenters. The molecule has 124 valence electrons. The van der Waals surface area contributed by atoms with Gasteiger partial charge in [0.2, 0.25) is 5.91 Å². The first-order chi connectivity index (χ1) is 11.8. The Morgan fingerprint density at radius 1 is 1.08 bits per heavy atom. The Labute approximate surface area is 146 Å². The Balaban J connectivity index is 1.52. The number of nitrogens with zero attached hydrogens (tertiary/aromatic N) is 2.